The van der Waals surface area contributed by atoms with E-state index in [2.05, 4.69) is 22.9 Å². The molecular formula is C11H17BrClNO. The Morgan fingerprint density at radius 2 is 2.13 bits per heavy atom. The van der Waals surface area contributed by atoms with Crippen LogP contribution in [0.1, 0.15) is 37.8 Å². The lowest BCUT2D eigenvalue weighted by molar-refractivity contribution is 0.453. The Kier molecular flexibility index (Phi) is 6.98. The lowest BCUT2D eigenvalue weighted by atomic mass is 10.0. The van der Waals surface area contributed by atoms with Crippen LogP contribution in [0.2, 0.25) is 0 Å². The van der Waals surface area contributed by atoms with Crippen molar-refractivity contribution < 1.29 is 5.11 Å². The van der Waals surface area contributed by atoms with E-state index in [9.17, 15) is 5.11 Å². The summed E-state index contributed by atoms with van der Waals surface area (Å²) in [7, 11) is 0. The molecule has 0 fully saturated rings. The molecule has 0 saturated heterocycles. The second-order valence-electron chi connectivity index (χ2n) is 3.43. The molecule has 0 aliphatic heterocycles. The molecule has 0 saturated carbocycles. The van der Waals surface area contributed by atoms with Crippen LogP contribution in [0.5, 0.6) is 5.75 Å². The second kappa shape index (κ2) is 7.09. The van der Waals surface area contributed by atoms with Crippen molar-refractivity contribution in [2.24, 2.45) is 5.73 Å². The number of nitrogens with two attached hydrogens (primary N) is 1. The zero-order chi connectivity index (χ0) is 10.6. The third kappa shape index (κ3) is 4.01. The summed E-state index contributed by atoms with van der Waals surface area (Å²) >= 11 is 3.28. The summed E-state index contributed by atoms with van der Waals surface area (Å²) in [6.45, 7) is 2.13. The second-order valence-corrected chi connectivity index (χ2v) is 4.28. The van der Waals surface area contributed by atoms with E-state index >= 15 is 0 Å². The zero-order valence-corrected chi connectivity index (χ0v) is 11.1. The number of phenols is 1. The first-order valence-electron chi connectivity index (χ1n) is 4.89. The standard InChI is InChI=1S/C11H16BrNO.ClH/c1-2-3-7-10(13)8-5-4-6-9(12)11(8)14;/h4-6,10,14H,2-3,7,13H2,1H3;1H/t10-;/m0./s1. The van der Waals surface area contributed by atoms with Gasteiger partial charge < -0.3 is 10.8 Å². The van der Waals surface area contributed by atoms with Crippen LogP contribution in [0.4, 0.5) is 0 Å². The predicted molar refractivity (Wildman–Crippen MR) is 69.5 cm³/mol. The van der Waals surface area contributed by atoms with Crippen LogP contribution in [-0.2, 0) is 0 Å². The van der Waals surface area contributed by atoms with Crippen molar-refractivity contribution in [1.82, 2.24) is 0 Å². The van der Waals surface area contributed by atoms with Gasteiger partial charge in [-0.05, 0) is 28.4 Å². The molecule has 4 heteroatoms. The molecule has 0 unspecified atom stereocenters. The molecule has 1 aromatic rings. The summed E-state index contributed by atoms with van der Waals surface area (Å²) in [5.74, 6) is 0.274. The summed E-state index contributed by atoms with van der Waals surface area (Å²) in [5, 5.41) is 9.74. The maximum atomic E-state index is 9.74. The lowest BCUT2D eigenvalue weighted by Crippen LogP contribution is -2.10. The Bertz CT molecular complexity index is 307. The van der Waals surface area contributed by atoms with Crippen molar-refractivity contribution >= 4 is 28.3 Å². The summed E-state index contributed by atoms with van der Waals surface area (Å²) in [6, 6.07) is 5.52. The Morgan fingerprint density at radius 3 is 2.73 bits per heavy atom. The van der Waals surface area contributed by atoms with Gasteiger partial charge in [0.1, 0.15) is 5.75 Å². The summed E-state index contributed by atoms with van der Waals surface area (Å²) < 4.78 is 0.710. The molecule has 0 spiro atoms. The van der Waals surface area contributed by atoms with E-state index in [1.54, 1.807) is 0 Å². The fourth-order valence-electron chi connectivity index (χ4n) is 1.41. The Hall–Kier alpha value is -0.250. The summed E-state index contributed by atoms with van der Waals surface area (Å²) in [6.07, 6.45) is 3.14. The van der Waals surface area contributed by atoms with Gasteiger partial charge in [-0.1, -0.05) is 31.9 Å². The molecule has 1 atom stereocenters. The van der Waals surface area contributed by atoms with E-state index in [1.165, 1.54) is 0 Å². The van der Waals surface area contributed by atoms with Gasteiger partial charge in [0, 0.05) is 11.6 Å². The van der Waals surface area contributed by atoms with Crippen LogP contribution in [-0.4, -0.2) is 5.11 Å². The quantitative estimate of drug-likeness (QED) is 0.888. The van der Waals surface area contributed by atoms with Crippen LogP contribution < -0.4 is 5.73 Å². The number of aromatic hydroxyl groups is 1. The fraction of sp³-hybridized carbons (Fsp3) is 0.455. The minimum absolute atomic E-state index is 0. The highest BCUT2D eigenvalue weighted by molar-refractivity contribution is 9.10. The zero-order valence-electron chi connectivity index (χ0n) is 8.74. The number of hydrogen-bond donors (Lipinski definition) is 2. The van der Waals surface area contributed by atoms with Gasteiger partial charge in [-0.3, -0.25) is 0 Å². The largest absolute Gasteiger partial charge is 0.506 e. The molecule has 0 radical (unpaired) electrons. The average molecular weight is 295 g/mol. The molecule has 0 aromatic heterocycles. The number of benzene rings is 1. The van der Waals surface area contributed by atoms with E-state index in [-0.39, 0.29) is 24.2 Å². The van der Waals surface area contributed by atoms with Crippen molar-refractivity contribution in [1.29, 1.82) is 0 Å². The van der Waals surface area contributed by atoms with Gasteiger partial charge in [0.15, 0.2) is 0 Å². The van der Waals surface area contributed by atoms with Gasteiger partial charge in [-0.25, -0.2) is 0 Å². The van der Waals surface area contributed by atoms with Crippen LogP contribution in [0, 0.1) is 0 Å². The van der Waals surface area contributed by atoms with E-state index in [0.717, 1.165) is 24.8 Å². The number of phenolic OH excluding ortho intramolecular Hbond substituents is 1. The van der Waals surface area contributed by atoms with Gasteiger partial charge in [-0.2, -0.15) is 0 Å². The highest BCUT2D eigenvalue weighted by atomic mass is 79.9. The monoisotopic (exact) mass is 293 g/mol. The molecule has 2 nitrogen and oxygen atoms in total. The van der Waals surface area contributed by atoms with E-state index in [4.69, 9.17) is 5.73 Å². The molecule has 15 heavy (non-hydrogen) atoms. The predicted octanol–water partition coefficient (Wildman–Crippen LogP) is 3.77. The maximum absolute atomic E-state index is 9.74. The van der Waals surface area contributed by atoms with Crippen LogP contribution in [0.15, 0.2) is 22.7 Å². The van der Waals surface area contributed by atoms with Gasteiger partial charge in [0.2, 0.25) is 0 Å². The molecule has 0 heterocycles. The lowest BCUT2D eigenvalue weighted by Gasteiger charge is -2.13. The highest BCUT2D eigenvalue weighted by Gasteiger charge is 2.11. The Labute approximate surface area is 105 Å². The molecule has 86 valence electrons. The smallest absolute Gasteiger partial charge is 0.134 e. The molecule has 0 bridgehead atoms. The molecule has 1 aromatic carbocycles. The first-order chi connectivity index (χ1) is 6.66. The third-order valence-electron chi connectivity index (χ3n) is 2.29. The third-order valence-corrected chi connectivity index (χ3v) is 2.93. The average Bonchev–Trinajstić information content (AvgIpc) is 2.18. The number of hydrogen-bond acceptors (Lipinski definition) is 2. The molecule has 1 rings (SSSR count). The minimum Gasteiger partial charge on any atom is -0.506 e. The normalized spacial score (nSPS) is 11.9. The maximum Gasteiger partial charge on any atom is 0.134 e. The van der Waals surface area contributed by atoms with Crippen molar-refractivity contribution in [3.63, 3.8) is 0 Å². The first kappa shape index (κ1) is 14.8. The Balaban J connectivity index is 0.00000196. The summed E-state index contributed by atoms with van der Waals surface area (Å²) in [4.78, 5) is 0. The van der Waals surface area contributed by atoms with Crippen molar-refractivity contribution in [2.75, 3.05) is 0 Å². The van der Waals surface area contributed by atoms with E-state index < -0.39 is 0 Å². The van der Waals surface area contributed by atoms with Gasteiger partial charge >= 0.3 is 0 Å². The topological polar surface area (TPSA) is 46.2 Å². The van der Waals surface area contributed by atoms with Gasteiger partial charge in [0.05, 0.1) is 4.47 Å². The molecule has 3 N–H and O–H groups in total. The highest BCUT2D eigenvalue weighted by Crippen LogP contribution is 2.32. The van der Waals surface area contributed by atoms with Crippen LogP contribution in [0.25, 0.3) is 0 Å². The van der Waals surface area contributed by atoms with E-state index in [1.807, 2.05) is 18.2 Å². The Morgan fingerprint density at radius 1 is 1.47 bits per heavy atom. The van der Waals surface area contributed by atoms with Crippen molar-refractivity contribution in [3.05, 3.63) is 28.2 Å². The van der Waals surface area contributed by atoms with Crippen molar-refractivity contribution in [2.45, 2.75) is 32.2 Å². The number of unbranched alkanes of at least 4 members (excludes halogenated alkanes) is 1. The molecule has 0 aliphatic carbocycles. The van der Waals surface area contributed by atoms with Crippen LogP contribution >= 0.6 is 28.3 Å². The number of halogens is 2. The SMILES string of the molecule is CCCC[C@H](N)c1cccc(Br)c1O.Cl. The fourth-order valence-corrected chi connectivity index (χ4v) is 1.79. The van der Waals surface area contributed by atoms with Gasteiger partial charge in [0.25, 0.3) is 0 Å². The minimum atomic E-state index is -0.0625. The molecule has 0 aliphatic rings. The summed E-state index contributed by atoms with van der Waals surface area (Å²) in [5.41, 5.74) is 6.80. The van der Waals surface area contributed by atoms with Gasteiger partial charge in [-0.15, -0.1) is 12.4 Å². The molecule has 0 amide bonds. The number of para-hydroxylation sites is 1. The van der Waals surface area contributed by atoms with E-state index in [0.29, 0.717) is 4.47 Å². The number of rotatable bonds is 4. The molecular weight excluding hydrogens is 277 g/mol. The van der Waals surface area contributed by atoms with Crippen molar-refractivity contribution in [3.8, 4) is 5.75 Å². The first-order valence-corrected chi connectivity index (χ1v) is 5.69. The van der Waals surface area contributed by atoms with Crippen LogP contribution in [0.3, 0.4) is 0 Å².